The molecule has 10 heteroatoms. The number of halogens is 4. The van der Waals surface area contributed by atoms with Gasteiger partial charge in [-0.25, -0.2) is 12.8 Å². The number of rotatable bonds is 5. The Morgan fingerprint density at radius 1 is 0.964 bits per heavy atom. The quantitative estimate of drug-likeness (QED) is 0.746. The molecule has 0 radical (unpaired) electrons. The second kappa shape index (κ2) is 7.96. The van der Waals surface area contributed by atoms with Crippen LogP contribution in [0.25, 0.3) is 0 Å². The van der Waals surface area contributed by atoms with Crippen LogP contribution in [0.5, 0.6) is 5.75 Å². The first-order valence-corrected chi connectivity index (χ1v) is 9.95. The fraction of sp³-hybridized carbons (Fsp3) is 0.333. The van der Waals surface area contributed by atoms with Crippen molar-refractivity contribution in [3.8, 4) is 5.75 Å². The fourth-order valence-corrected chi connectivity index (χ4v) is 4.45. The summed E-state index contributed by atoms with van der Waals surface area (Å²) in [7, 11) is -3.81. The van der Waals surface area contributed by atoms with Gasteiger partial charge in [0.25, 0.3) is 0 Å². The largest absolute Gasteiger partial charge is 0.573 e. The highest BCUT2D eigenvalue weighted by Gasteiger charge is 2.32. The number of nitrogens with zero attached hydrogens (tertiary/aromatic N) is 1. The minimum atomic E-state index is -4.83. The van der Waals surface area contributed by atoms with E-state index in [0.717, 1.165) is 30.0 Å². The minimum absolute atomic E-state index is 0.0412. The van der Waals surface area contributed by atoms with Gasteiger partial charge in [-0.05, 0) is 61.4 Å². The van der Waals surface area contributed by atoms with Crippen molar-refractivity contribution >= 4 is 15.7 Å². The second-order valence-electron chi connectivity index (χ2n) is 6.35. The van der Waals surface area contributed by atoms with E-state index in [1.165, 1.54) is 16.4 Å². The predicted molar refractivity (Wildman–Crippen MR) is 94.9 cm³/mol. The van der Waals surface area contributed by atoms with Crippen LogP contribution in [0.15, 0.2) is 53.4 Å². The molecular weight excluding hydrogens is 400 g/mol. The van der Waals surface area contributed by atoms with Crippen LogP contribution in [0.1, 0.15) is 12.8 Å². The van der Waals surface area contributed by atoms with Crippen molar-refractivity contribution in [1.82, 2.24) is 4.31 Å². The molecule has 0 amide bonds. The lowest BCUT2D eigenvalue weighted by molar-refractivity contribution is -0.274. The van der Waals surface area contributed by atoms with E-state index in [-0.39, 0.29) is 29.8 Å². The molecule has 5 nitrogen and oxygen atoms in total. The van der Waals surface area contributed by atoms with Gasteiger partial charge in [-0.1, -0.05) is 0 Å². The standard InChI is InChI=1S/C18H18F4N2O3S/c19-13-1-3-14(4-2-13)23-15-9-11-24(12-10-15)28(25,26)17-7-5-16(6-8-17)27-18(20,21)22/h1-8,15,23H,9-12H2. The Morgan fingerprint density at radius 3 is 2.07 bits per heavy atom. The lowest BCUT2D eigenvalue weighted by Gasteiger charge is -2.32. The SMILES string of the molecule is O=S(=O)(c1ccc(OC(F)(F)F)cc1)N1CCC(Nc2ccc(F)cc2)CC1. The summed E-state index contributed by atoms with van der Waals surface area (Å²) in [5.74, 6) is -0.813. The highest BCUT2D eigenvalue weighted by Crippen LogP contribution is 2.27. The number of piperidine rings is 1. The third-order valence-corrected chi connectivity index (χ3v) is 6.28. The van der Waals surface area contributed by atoms with Crippen molar-refractivity contribution in [2.45, 2.75) is 30.1 Å². The lowest BCUT2D eigenvalue weighted by atomic mass is 10.1. The maximum atomic E-state index is 13.0. The van der Waals surface area contributed by atoms with E-state index >= 15 is 0 Å². The molecule has 0 saturated carbocycles. The van der Waals surface area contributed by atoms with Crippen LogP contribution in [-0.2, 0) is 10.0 Å². The predicted octanol–water partition coefficient (Wildman–Crippen LogP) is 3.99. The second-order valence-corrected chi connectivity index (χ2v) is 8.29. The molecule has 2 aromatic rings. The number of sulfonamides is 1. The van der Waals surface area contributed by atoms with E-state index in [4.69, 9.17) is 0 Å². The Kier molecular flexibility index (Phi) is 5.80. The number of hydrogen-bond acceptors (Lipinski definition) is 4. The molecule has 0 atom stereocenters. The van der Waals surface area contributed by atoms with Crippen molar-refractivity contribution in [1.29, 1.82) is 0 Å². The molecule has 0 unspecified atom stereocenters. The van der Waals surface area contributed by atoms with Crippen LogP contribution in [0.2, 0.25) is 0 Å². The molecule has 1 aliphatic rings. The summed E-state index contributed by atoms with van der Waals surface area (Å²) in [5, 5.41) is 3.24. The summed E-state index contributed by atoms with van der Waals surface area (Å²) in [4.78, 5) is -0.0908. The third-order valence-electron chi connectivity index (χ3n) is 4.36. The Balaban J connectivity index is 1.60. The molecule has 1 N–H and O–H groups in total. The van der Waals surface area contributed by atoms with Crippen molar-refractivity contribution in [3.63, 3.8) is 0 Å². The molecule has 28 heavy (non-hydrogen) atoms. The molecule has 2 aromatic carbocycles. The average molecular weight is 418 g/mol. The number of anilines is 1. The Labute approximate surface area is 160 Å². The summed E-state index contributed by atoms with van der Waals surface area (Å²) in [6, 6.07) is 10.1. The van der Waals surface area contributed by atoms with E-state index in [1.807, 2.05) is 0 Å². The van der Waals surface area contributed by atoms with Crippen molar-refractivity contribution < 1.29 is 30.7 Å². The lowest BCUT2D eigenvalue weighted by Crippen LogP contribution is -2.42. The van der Waals surface area contributed by atoms with Gasteiger partial charge >= 0.3 is 6.36 Å². The first-order chi connectivity index (χ1) is 13.1. The van der Waals surface area contributed by atoms with Crippen molar-refractivity contribution in [2.75, 3.05) is 18.4 Å². The van der Waals surface area contributed by atoms with E-state index in [0.29, 0.717) is 12.8 Å². The molecule has 1 aliphatic heterocycles. The molecule has 3 rings (SSSR count). The Bertz CT molecular complexity index is 892. The van der Waals surface area contributed by atoms with Gasteiger partial charge < -0.3 is 10.1 Å². The van der Waals surface area contributed by atoms with Crippen molar-refractivity contribution in [2.24, 2.45) is 0 Å². The van der Waals surface area contributed by atoms with Gasteiger partial charge in [-0.15, -0.1) is 13.2 Å². The van der Waals surface area contributed by atoms with Crippen LogP contribution in [0.4, 0.5) is 23.2 Å². The normalized spacial score (nSPS) is 16.7. The molecule has 1 heterocycles. The highest BCUT2D eigenvalue weighted by atomic mass is 32.2. The number of nitrogens with one attached hydrogen (secondary N) is 1. The van der Waals surface area contributed by atoms with Gasteiger partial charge in [0.15, 0.2) is 0 Å². The van der Waals surface area contributed by atoms with Crippen LogP contribution in [0, 0.1) is 5.82 Å². The summed E-state index contributed by atoms with van der Waals surface area (Å²) < 4.78 is 80.0. The van der Waals surface area contributed by atoms with Gasteiger partial charge in [-0.3, -0.25) is 0 Å². The Hall–Kier alpha value is -2.33. The molecule has 1 saturated heterocycles. The average Bonchev–Trinajstić information content (AvgIpc) is 2.63. The topological polar surface area (TPSA) is 58.6 Å². The molecule has 0 aromatic heterocycles. The Morgan fingerprint density at radius 2 is 1.54 bits per heavy atom. The maximum absolute atomic E-state index is 13.0. The van der Waals surface area contributed by atoms with Crippen molar-refractivity contribution in [3.05, 3.63) is 54.3 Å². The molecule has 1 fully saturated rings. The smallest absolute Gasteiger partial charge is 0.406 e. The van der Waals surface area contributed by atoms with E-state index in [1.54, 1.807) is 12.1 Å². The van der Waals surface area contributed by atoms with Gasteiger partial charge in [0, 0.05) is 24.8 Å². The van der Waals surface area contributed by atoms with Gasteiger partial charge in [0.05, 0.1) is 4.90 Å². The monoisotopic (exact) mass is 418 g/mol. The number of benzene rings is 2. The summed E-state index contributed by atoms with van der Waals surface area (Å²) >= 11 is 0. The maximum Gasteiger partial charge on any atom is 0.573 e. The number of ether oxygens (including phenoxy) is 1. The molecule has 0 aliphatic carbocycles. The zero-order valence-corrected chi connectivity index (χ0v) is 15.4. The first kappa shape index (κ1) is 20.4. The first-order valence-electron chi connectivity index (χ1n) is 8.51. The van der Waals surface area contributed by atoms with Crippen LogP contribution >= 0.6 is 0 Å². The molecule has 152 valence electrons. The molecule has 0 spiro atoms. The number of alkyl halides is 3. The summed E-state index contributed by atoms with van der Waals surface area (Å²) in [5.41, 5.74) is 0.753. The van der Waals surface area contributed by atoms with Crippen LogP contribution in [-0.4, -0.2) is 38.2 Å². The zero-order chi connectivity index (χ0) is 20.4. The van der Waals surface area contributed by atoms with Gasteiger partial charge in [0.1, 0.15) is 11.6 Å². The van der Waals surface area contributed by atoms with Gasteiger partial charge in [0.2, 0.25) is 10.0 Å². The van der Waals surface area contributed by atoms with Gasteiger partial charge in [-0.2, -0.15) is 4.31 Å². The molecular formula is C18H18F4N2O3S. The van der Waals surface area contributed by atoms with E-state index < -0.39 is 22.1 Å². The summed E-state index contributed by atoms with van der Waals surface area (Å²) in [6.07, 6.45) is -3.74. The van der Waals surface area contributed by atoms with Crippen LogP contribution < -0.4 is 10.1 Å². The molecule has 0 bridgehead atoms. The van der Waals surface area contributed by atoms with E-state index in [2.05, 4.69) is 10.1 Å². The summed E-state index contributed by atoms with van der Waals surface area (Å²) in [6.45, 7) is 0.532. The highest BCUT2D eigenvalue weighted by molar-refractivity contribution is 7.89. The fourth-order valence-electron chi connectivity index (χ4n) is 2.98. The van der Waals surface area contributed by atoms with Crippen LogP contribution in [0.3, 0.4) is 0 Å². The van der Waals surface area contributed by atoms with E-state index in [9.17, 15) is 26.0 Å². The third kappa shape index (κ3) is 5.14. The zero-order valence-electron chi connectivity index (χ0n) is 14.6. The minimum Gasteiger partial charge on any atom is -0.406 e. The number of hydrogen-bond donors (Lipinski definition) is 1.